The second kappa shape index (κ2) is 3.01. The second-order valence-electron chi connectivity index (χ2n) is 1.74. The molecule has 0 aliphatic carbocycles. The first-order valence-corrected chi connectivity index (χ1v) is 2.86. The third-order valence-electron chi connectivity index (χ3n) is 1.03. The molecule has 0 radical (unpaired) electrons. The number of hydrogen-bond acceptors (Lipinski definition) is 1. The molecule has 0 unspecified atom stereocenters. The molecule has 2 heteroatoms. The van der Waals surface area contributed by atoms with Crippen molar-refractivity contribution in [2.24, 2.45) is 0 Å². The first kappa shape index (κ1) is 6.81. The Morgan fingerprint density at radius 1 is 1.30 bits per heavy atom. The monoisotopic (exact) mass is 138 g/mol. The van der Waals surface area contributed by atoms with E-state index in [4.69, 9.17) is 4.74 Å². The summed E-state index contributed by atoms with van der Waals surface area (Å²) in [6.07, 6.45) is 1.30. The summed E-state index contributed by atoms with van der Waals surface area (Å²) < 4.78 is 17.1. The first-order chi connectivity index (χ1) is 4.83. The molecule has 1 aromatic rings. The van der Waals surface area contributed by atoms with Gasteiger partial charge in [-0.2, -0.15) is 0 Å². The Balaban J connectivity index is 2.78. The van der Waals surface area contributed by atoms with Crippen molar-refractivity contribution in [3.8, 4) is 5.75 Å². The third-order valence-corrected chi connectivity index (χ3v) is 1.03. The van der Waals surface area contributed by atoms with E-state index in [1.54, 1.807) is 0 Å². The van der Waals surface area contributed by atoms with Crippen LogP contribution >= 0.6 is 0 Å². The molecule has 0 aliphatic heterocycles. The van der Waals surface area contributed by atoms with Gasteiger partial charge in [-0.25, -0.2) is 4.39 Å². The lowest BCUT2D eigenvalue weighted by Crippen LogP contribution is -1.79. The molecule has 52 valence electrons. The largest absolute Gasteiger partial charge is 0.466 e. The molecule has 0 aliphatic rings. The maximum atomic E-state index is 12.2. The zero-order valence-corrected chi connectivity index (χ0v) is 5.38. The van der Waals surface area contributed by atoms with Crippen LogP contribution in [0.2, 0.25) is 0 Å². The van der Waals surface area contributed by atoms with Gasteiger partial charge in [0.2, 0.25) is 0 Å². The minimum Gasteiger partial charge on any atom is -0.466 e. The number of rotatable bonds is 2. The van der Waals surface area contributed by atoms with Crippen molar-refractivity contribution in [1.29, 1.82) is 0 Å². The molecular weight excluding hydrogens is 131 g/mol. The second-order valence-corrected chi connectivity index (χ2v) is 1.74. The highest BCUT2D eigenvalue weighted by Crippen LogP contribution is 2.10. The maximum absolute atomic E-state index is 12.2. The first-order valence-electron chi connectivity index (χ1n) is 2.86. The van der Waals surface area contributed by atoms with E-state index in [1.165, 1.54) is 30.5 Å². The van der Waals surface area contributed by atoms with Crippen LogP contribution in [0.15, 0.2) is 37.1 Å². The lowest BCUT2D eigenvalue weighted by atomic mass is 10.3. The summed E-state index contributed by atoms with van der Waals surface area (Å²) >= 11 is 0. The van der Waals surface area contributed by atoms with Gasteiger partial charge in [0.25, 0.3) is 0 Å². The number of halogens is 1. The molecule has 0 atom stereocenters. The average Bonchev–Trinajstić information content (AvgIpc) is 1.95. The summed E-state index contributed by atoms with van der Waals surface area (Å²) in [5.74, 6) is 0.327. The lowest BCUT2D eigenvalue weighted by molar-refractivity contribution is 0.481. The predicted molar refractivity (Wildman–Crippen MR) is 37.2 cm³/mol. The van der Waals surface area contributed by atoms with Gasteiger partial charge in [0.15, 0.2) is 0 Å². The van der Waals surface area contributed by atoms with Crippen molar-refractivity contribution in [3.63, 3.8) is 0 Å². The molecule has 0 amide bonds. The van der Waals surface area contributed by atoms with Crippen LogP contribution in [0.3, 0.4) is 0 Å². The van der Waals surface area contributed by atoms with Gasteiger partial charge in [-0.3, -0.25) is 0 Å². The minimum absolute atomic E-state index is 0.267. The predicted octanol–water partition coefficient (Wildman–Crippen LogP) is 2.35. The Morgan fingerprint density at radius 2 is 1.90 bits per heavy atom. The third kappa shape index (κ3) is 1.58. The Labute approximate surface area is 58.8 Å². The van der Waals surface area contributed by atoms with Gasteiger partial charge >= 0.3 is 0 Å². The summed E-state index contributed by atoms with van der Waals surface area (Å²) in [6.45, 7) is 3.36. The summed E-state index contributed by atoms with van der Waals surface area (Å²) in [4.78, 5) is 0. The van der Waals surface area contributed by atoms with Gasteiger partial charge in [0, 0.05) is 0 Å². The van der Waals surface area contributed by atoms with Crippen LogP contribution in [0, 0.1) is 5.82 Å². The lowest BCUT2D eigenvalue weighted by Gasteiger charge is -1.96. The van der Waals surface area contributed by atoms with Crippen LogP contribution in [0.1, 0.15) is 0 Å². The van der Waals surface area contributed by atoms with E-state index in [0.717, 1.165) is 0 Å². The molecule has 0 saturated heterocycles. The molecule has 1 aromatic carbocycles. The van der Waals surface area contributed by atoms with Gasteiger partial charge in [-0.1, -0.05) is 6.58 Å². The smallest absolute Gasteiger partial charge is 0.126 e. The fraction of sp³-hybridized carbons (Fsp3) is 0. The standard InChI is InChI=1S/C8H7FO/c1-2-10-8-5-3-7(9)4-6-8/h2-6H,1H2. The van der Waals surface area contributed by atoms with Gasteiger partial charge < -0.3 is 4.74 Å². The highest BCUT2D eigenvalue weighted by Gasteiger charge is 1.89. The Bertz CT molecular complexity index is 215. The summed E-state index contributed by atoms with van der Waals surface area (Å²) in [5, 5.41) is 0. The molecule has 1 rings (SSSR count). The van der Waals surface area contributed by atoms with Crippen LogP contribution < -0.4 is 4.74 Å². The topological polar surface area (TPSA) is 9.23 Å². The van der Waals surface area contributed by atoms with E-state index in [2.05, 4.69) is 6.58 Å². The van der Waals surface area contributed by atoms with Gasteiger partial charge in [-0.15, -0.1) is 0 Å². The van der Waals surface area contributed by atoms with Crippen molar-refractivity contribution in [3.05, 3.63) is 42.9 Å². The number of ether oxygens (including phenoxy) is 1. The minimum atomic E-state index is -0.267. The molecule has 0 heterocycles. The molecule has 0 saturated carbocycles. The van der Waals surface area contributed by atoms with E-state index >= 15 is 0 Å². The van der Waals surface area contributed by atoms with Crippen LogP contribution in [-0.4, -0.2) is 0 Å². The SMILES string of the molecule is C=COc1ccc(F)cc1. The Hall–Kier alpha value is -1.31. The average molecular weight is 138 g/mol. The van der Waals surface area contributed by atoms with Gasteiger partial charge in [0.1, 0.15) is 11.6 Å². The maximum Gasteiger partial charge on any atom is 0.126 e. The molecule has 10 heavy (non-hydrogen) atoms. The van der Waals surface area contributed by atoms with Crippen molar-refractivity contribution in [2.75, 3.05) is 0 Å². The fourth-order valence-electron chi connectivity index (χ4n) is 0.609. The normalized spacial score (nSPS) is 8.90. The highest BCUT2D eigenvalue weighted by atomic mass is 19.1. The molecular formula is C8H7FO. The molecule has 0 aromatic heterocycles. The number of benzene rings is 1. The quantitative estimate of drug-likeness (QED) is 0.570. The van der Waals surface area contributed by atoms with E-state index in [9.17, 15) is 4.39 Å². The van der Waals surface area contributed by atoms with Crippen LogP contribution in [0.4, 0.5) is 4.39 Å². The van der Waals surface area contributed by atoms with Crippen molar-refractivity contribution >= 4 is 0 Å². The van der Waals surface area contributed by atoms with Crippen LogP contribution in [-0.2, 0) is 0 Å². The van der Waals surface area contributed by atoms with E-state index in [-0.39, 0.29) is 5.82 Å². The van der Waals surface area contributed by atoms with Crippen LogP contribution in [0.25, 0.3) is 0 Å². The zero-order valence-electron chi connectivity index (χ0n) is 5.38. The molecule has 0 N–H and O–H groups in total. The molecule has 0 spiro atoms. The molecule has 0 fully saturated rings. The summed E-state index contributed by atoms with van der Waals surface area (Å²) in [6, 6.07) is 5.74. The fourth-order valence-corrected chi connectivity index (χ4v) is 0.609. The van der Waals surface area contributed by atoms with E-state index < -0.39 is 0 Å². The Morgan fingerprint density at radius 3 is 2.40 bits per heavy atom. The van der Waals surface area contributed by atoms with E-state index in [0.29, 0.717) is 5.75 Å². The highest BCUT2D eigenvalue weighted by molar-refractivity contribution is 5.22. The zero-order chi connectivity index (χ0) is 7.40. The van der Waals surface area contributed by atoms with Crippen molar-refractivity contribution in [1.82, 2.24) is 0 Å². The summed E-state index contributed by atoms with van der Waals surface area (Å²) in [7, 11) is 0. The number of hydrogen-bond donors (Lipinski definition) is 0. The molecule has 1 nitrogen and oxygen atoms in total. The van der Waals surface area contributed by atoms with Crippen molar-refractivity contribution < 1.29 is 9.13 Å². The van der Waals surface area contributed by atoms with Crippen molar-refractivity contribution in [2.45, 2.75) is 0 Å². The van der Waals surface area contributed by atoms with Gasteiger partial charge in [-0.05, 0) is 24.3 Å². The van der Waals surface area contributed by atoms with E-state index in [1.807, 2.05) is 0 Å². The Kier molecular flexibility index (Phi) is 2.05. The van der Waals surface area contributed by atoms with Crippen LogP contribution in [0.5, 0.6) is 5.75 Å². The van der Waals surface area contributed by atoms with Gasteiger partial charge in [0.05, 0.1) is 6.26 Å². The molecule has 0 bridgehead atoms. The summed E-state index contributed by atoms with van der Waals surface area (Å²) in [5.41, 5.74) is 0.